The first-order valence-corrected chi connectivity index (χ1v) is 8.94. The molecule has 7 nitrogen and oxygen atoms in total. The van der Waals surface area contributed by atoms with Crippen molar-refractivity contribution in [2.45, 2.75) is 45.8 Å². The van der Waals surface area contributed by atoms with Crippen LogP contribution in [-0.2, 0) is 14.3 Å². The quantitative estimate of drug-likeness (QED) is 0.747. The SMILES string of the molecule is CCCOc1ccccc1C(=O)N1CCNC(=O)[C@H]1CC(=O)OC(C)C. The second-order valence-electron chi connectivity index (χ2n) is 6.39. The molecule has 142 valence electrons. The molecule has 1 aliphatic rings. The molecular weight excluding hydrogens is 336 g/mol. The van der Waals surface area contributed by atoms with Gasteiger partial charge in [0, 0.05) is 13.1 Å². The molecule has 1 N–H and O–H groups in total. The summed E-state index contributed by atoms with van der Waals surface area (Å²) >= 11 is 0. The first-order valence-electron chi connectivity index (χ1n) is 8.94. The number of ether oxygens (including phenoxy) is 2. The van der Waals surface area contributed by atoms with Crippen molar-refractivity contribution >= 4 is 17.8 Å². The van der Waals surface area contributed by atoms with Crippen molar-refractivity contribution in [3.8, 4) is 5.75 Å². The van der Waals surface area contributed by atoms with E-state index >= 15 is 0 Å². The fraction of sp³-hybridized carbons (Fsp3) is 0.526. The Balaban J connectivity index is 2.22. The van der Waals surface area contributed by atoms with Crippen LogP contribution in [0.2, 0.25) is 0 Å². The zero-order valence-electron chi connectivity index (χ0n) is 15.5. The zero-order valence-corrected chi connectivity index (χ0v) is 15.5. The third-order valence-electron chi connectivity index (χ3n) is 3.90. The summed E-state index contributed by atoms with van der Waals surface area (Å²) in [6, 6.07) is 6.06. The average molecular weight is 362 g/mol. The molecular formula is C19H26N2O5. The number of carbonyl (C=O) groups excluding carboxylic acids is 3. The smallest absolute Gasteiger partial charge is 0.308 e. The Labute approximate surface area is 153 Å². The van der Waals surface area contributed by atoms with E-state index in [0.29, 0.717) is 31.0 Å². The van der Waals surface area contributed by atoms with Crippen LogP contribution < -0.4 is 10.1 Å². The number of hydrogen-bond donors (Lipinski definition) is 1. The molecule has 7 heteroatoms. The topological polar surface area (TPSA) is 84.9 Å². The van der Waals surface area contributed by atoms with Crippen molar-refractivity contribution in [1.82, 2.24) is 10.2 Å². The number of amides is 2. The van der Waals surface area contributed by atoms with Crippen molar-refractivity contribution in [2.75, 3.05) is 19.7 Å². The highest BCUT2D eigenvalue weighted by Gasteiger charge is 2.36. The summed E-state index contributed by atoms with van der Waals surface area (Å²) in [5, 5.41) is 2.70. The van der Waals surface area contributed by atoms with Gasteiger partial charge in [0.25, 0.3) is 5.91 Å². The minimum atomic E-state index is -0.887. The van der Waals surface area contributed by atoms with Gasteiger partial charge in [0.2, 0.25) is 5.91 Å². The fourth-order valence-electron chi connectivity index (χ4n) is 2.77. The number of nitrogens with zero attached hydrogens (tertiary/aromatic N) is 1. The summed E-state index contributed by atoms with van der Waals surface area (Å²) in [6.07, 6.45) is 0.368. The maximum Gasteiger partial charge on any atom is 0.308 e. The van der Waals surface area contributed by atoms with E-state index < -0.39 is 12.0 Å². The summed E-state index contributed by atoms with van der Waals surface area (Å²) in [5.41, 5.74) is 0.387. The molecule has 0 unspecified atom stereocenters. The molecule has 1 saturated heterocycles. The highest BCUT2D eigenvalue weighted by molar-refractivity contribution is 6.01. The summed E-state index contributed by atoms with van der Waals surface area (Å²) in [6.45, 7) is 6.63. The van der Waals surface area contributed by atoms with E-state index in [1.165, 1.54) is 4.90 Å². The second-order valence-corrected chi connectivity index (χ2v) is 6.39. The van der Waals surface area contributed by atoms with Gasteiger partial charge in [-0.15, -0.1) is 0 Å². The minimum absolute atomic E-state index is 0.173. The maximum absolute atomic E-state index is 13.1. The fourth-order valence-corrected chi connectivity index (χ4v) is 2.77. The predicted molar refractivity (Wildman–Crippen MR) is 95.9 cm³/mol. The standard InChI is InChI=1S/C19H26N2O5/c1-4-11-25-16-8-6-5-7-14(16)19(24)21-10-9-20-18(23)15(21)12-17(22)26-13(2)3/h5-8,13,15H,4,9-12H2,1-3H3,(H,20,23)/t15-/m1/s1. The largest absolute Gasteiger partial charge is 0.493 e. The van der Waals surface area contributed by atoms with Gasteiger partial charge in [0.15, 0.2) is 0 Å². The van der Waals surface area contributed by atoms with Gasteiger partial charge in [-0.3, -0.25) is 14.4 Å². The van der Waals surface area contributed by atoms with Crippen LogP contribution in [0.3, 0.4) is 0 Å². The monoisotopic (exact) mass is 362 g/mol. The van der Waals surface area contributed by atoms with Crippen LogP contribution in [0.25, 0.3) is 0 Å². The molecule has 1 aliphatic heterocycles. The predicted octanol–water partition coefficient (Wildman–Crippen LogP) is 1.76. The third kappa shape index (κ3) is 4.97. The average Bonchev–Trinajstić information content (AvgIpc) is 2.60. The van der Waals surface area contributed by atoms with Crippen LogP contribution in [0.5, 0.6) is 5.75 Å². The molecule has 0 aliphatic carbocycles. The number of esters is 1. The van der Waals surface area contributed by atoms with Crippen LogP contribution in [0.1, 0.15) is 44.0 Å². The van der Waals surface area contributed by atoms with Gasteiger partial charge in [-0.25, -0.2) is 0 Å². The highest BCUT2D eigenvalue weighted by Crippen LogP contribution is 2.23. The van der Waals surface area contributed by atoms with Gasteiger partial charge in [0.05, 0.1) is 24.7 Å². The Bertz CT molecular complexity index is 659. The van der Waals surface area contributed by atoms with E-state index in [2.05, 4.69) is 5.32 Å². The van der Waals surface area contributed by atoms with E-state index in [1.54, 1.807) is 38.1 Å². The lowest BCUT2D eigenvalue weighted by Crippen LogP contribution is -2.58. The minimum Gasteiger partial charge on any atom is -0.493 e. The number of hydrogen-bond acceptors (Lipinski definition) is 5. The summed E-state index contributed by atoms with van der Waals surface area (Å²) in [5.74, 6) is -0.699. The Morgan fingerprint density at radius 2 is 2.04 bits per heavy atom. The van der Waals surface area contributed by atoms with Gasteiger partial charge in [-0.2, -0.15) is 0 Å². The van der Waals surface area contributed by atoms with Gasteiger partial charge < -0.3 is 19.7 Å². The van der Waals surface area contributed by atoms with Crippen LogP contribution >= 0.6 is 0 Å². The van der Waals surface area contributed by atoms with Crippen molar-refractivity contribution in [2.24, 2.45) is 0 Å². The molecule has 1 aromatic rings. The normalized spacial score (nSPS) is 17.0. The van der Waals surface area contributed by atoms with Gasteiger partial charge in [-0.1, -0.05) is 19.1 Å². The number of benzene rings is 1. The van der Waals surface area contributed by atoms with E-state index in [4.69, 9.17) is 9.47 Å². The zero-order chi connectivity index (χ0) is 19.1. The summed E-state index contributed by atoms with van der Waals surface area (Å²) in [7, 11) is 0. The molecule has 1 fully saturated rings. The van der Waals surface area contributed by atoms with Crippen molar-refractivity contribution in [3.05, 3.63) is 29.8 Å². The lowest BCUT2D eigenvalue weighted by molar-refractivity contribution is -0.151. The van der Waals surface area contributed by atoms with Crippen molar-refractivity contribution in [3.63, 3.8) is 0 Å². The van der Waals surface area contributed by atoms with Crippen molar-refractivity contribution in [1.29, 1.82) is 0 Å². The molecule has 0 saturated carbocycles. The van der Waals surface area contributed by atoms with E-state index in [9.17, 15) is 14.4 Å². The molecule has 2 rings (SSSR count). The Morgan fingerprint density at radius 1 is 1.31 bits per heavy atom. The second kappa shape index (κ2) is 9.22. The van der Waals surface area contributed by atoms with E-state index in [-0.39, 0.29) is 24.3 Å². The number of nitrogens with one attached hydrogen (secondary N) is 1. The van der Waals surface area contributed by atoms with Gasteiger partial charge >= 0.3 is 5.97 Å². The first-order chi connectivity index (χ1) is 12.4. The van der Waals surface area contributed by atoms with E-state index in [1.807, 2.05) is 6.92 Å². The van der Waals surface area contributed by atoms with Gasteiger partial charge in [-0.05, 0) is 32.4 Å². The molecule has 0 aromatic heterocycles. The molecule has 0 radical (unpaired) electrons. The lowest BCUT2D eigenvalue weighted by atomic mass is 10.1. The molecule has 26 heavy (non-hydrogen) atoms. The lowest BCUT2D eigenvalue weighted by Gasteiger charge is -2.35. The molecule has 1 heterocycles. The van der Waals surface area contributed by atoms with Crippen LogP contribution in [0.4, 0.5) is 0 Å². The summed E-state index contributed by atoms with van der Waals surface area (Å²) < 4.78 is 10.8. The number of piperazine rings is 1. The van der Waals surface area contributed by atoms with Crippen molar-refractivity contribution < 1.29 is 23.9 Å². The molecule has 1 atom stereocenters. The van der Waals surface area contributed by atoms with Gasteiger partial charge in [0.1, 0.15) is 11.8 Å². The highest BCUT2D eigenvalue weighted by atomic mass is 16.5. The molecule has 1 aromatic carbocycles. The van der Waals surface area contributed by atoms with Crippen LogP contribution in [-0.4, -0.2) is 54.5 Å². The number of rotatable bonds is 7. The summed E-state index contributed by atoms with van der Waals surface area (Å²) in [4.78, 5) is 38.8. The maximum atomic E-state index is 13.1. The molecule has 0 bridgehead atoms. The third-order valence-corrected chi connectivity index (χ3v) is 3.90. The van der Waals surface area contributed by atoms with E-state index in [0.717, 1.165) is 6.42 Å². The molecule has 2 amide bonds. The van der Waals surface area contributed by atoms with Crippen LogP contribution in [0.15, 0.2) is 24.3 Å². The number of carbonyl (C=O) groups is 3. The Kier molecular flexibility index (Phi) is 7.00. The number of para-hydroxylation sites is 1. The first kappa shape index (κ1) is 19.8. The Morgan fingerprint density at radius 3 is 2.73 bits per heavy atom. The van der Waals surface area contributed by atoms with Crippen LogP contribution in [0, 0.1) is 0 Å². The molecule has 0 spiro atoms. The Hall–Kier alpha value is -2.57.